The quantitative estimate of drug-likeness (QED) is 0.787. The highest BCUT2D eigenvalue weighted by Gasteiger charge is 2.27. The third-order valence-electron chi connectivity index (χ3n) is 3.04. The van der Waals surface area contributed by atoms with Crippen LogP contribution in [0.4, 0.5) is 0 Å². The molecule has 1 fully saturated rings. The lowest BCUT2D eigenvalue weighted by Crippen LogP contribution is -2.47. The molecule has 5 heteroatoms. The van der Waals surface area contributed by atoms with Gasteiger partial charge in [0, 0.05) is 25.6 Å². The molecular formula is C12H17NO4. The number of furan rings is 1. The van der Waals surface area contributed by atoms with Crippen molar-refractivity contribution in [3.8, 4) is 0 Å². The van der Waals surface area contributed by atoms with Gasteiger partial charge in [0.15, 0.2) is 0 Å². The van der Waals surface area contributed by atoms with Crippen molar-refractivity contribution in [2.75, 3.05) is 26.8 Å². The molecule has 0 aromatic carbocycles. The molecule has 0 unspecified atom stereocenters. The van der Waals surface area contributed by atoms with Gasteiger partial charge in [-0.05, 0) is 13.0 Å². The zero-order valence-electron chi connectivity index (χ0n) is 10.1. The topological polar surface area (TPSA) is 62.9 Å². The first-order chi connectivity index (χ1) is 8.13. The predicted molar refractivity (Wildman–Crippen MR) is 60.6 cm³/mol. The first kappa shape index (κ1) is 12.1. The molecule has 2 rings (SSSR count). The number of methoxy groups -OCH3 is 1. The van der Waals surface area contributed by atoms with E-state index in [4.69, 9.17) is 9.52 Å². The van der Waals surface area contributed by atoms with E-state index in [0.717, 1.165) is 18.8 Å². The second-order valence-electron chi connectivity index (χ2n) is 4.42. The lowest BCUT2D eigenvalue weighted by Gasteiger charge is -2.37. The highest BCUT2D eigenvalue weighted by Crippen LogP contribution is 2.21. The molecule has 94 valence electrons. The van der Waals surface area contributed by atoms with E-state index < -0.39 is 0 Å². The third kappa shape index (κ3) is 2.50. The SMILES string of the molecule is COC(=O)c1cc(CN2CC(CO)C2)oc1C. The summed E-state index contributed by atoms with van der Waals surface area (Å²) in [5.74, 6) is 1.37. The fraction of sp³-hybridized carbons (Fsp3) is 0.583. The number of esters is 1. The van der Waals surface area contributed by atoms with Crippen molar-refractivity contribution in [3.63, 3.8) is 0 Å². The maximum absolute atomic E-state index is 11.4. The van der Waals surface area contributed by atoms with Gasteiger partial charge in [0.1, 0.15) is 17.1 Å². The Morgan fingerprint density at radius 1 is 1.65 bits per heavy atom. The van der Waals surface area contributed by atoms with Gasteiger partial charge in [0.25, 0.3) is 0 Å². The van der Waals surface area contributed by atoms with Gasteiger partial charge in [0.2, 0.25) is 0 Å². The van der Waals surface area contributed by atoms with Gasteiger partial charge in [-0.1, -0.05) is 0 Å². The first-order valence-corrected chi connectivity index (χ1v) is 5.65. The normalized spacial score (nSPS) is 16.9. The van der Waals surface area contributed by atoms with Crippen molar-refractivity contribution in [3.05, 3.63) is 23.2 Å². The number of rotatable bonds is 4. The Balaban J connectivity index is 1.96. The number of aryl methyl sites for hydroxylation is 1. The number of hydrogen-bond acceptors (Lipinski definition) is 5. The van der Waals surface area contributed by atoms with Crippen LogP contribution in [0.1, 0.15) is 21.9 Å². The number of aliphatic hydroxyl groups is 1. The summed E-state index contributed by atoms with van der Waals surface area (Å²) in [5, 5.41) is 8.91. The number of nitrogens with zero attached hydrogens (tertiary/aromatic N) is 1. The molecule has 1 aromatic rings. The average Bonchev–Trinajstić information content (AvgIpc) is 2.63. The molecule has 1 aliphatic heterocycles. The van der Waals surface area contributed by atoms with E-state index in [2.05, 4.69) is 9.64 Å². The number of carbonyl (C=O) groups is 1. The predicted octanol–water partition coefficient (Wildman–Crippen LogP) is 0.799. The minimum absolute atomic E-state index is 0.237. The van der Waals surface area contributed by atoms with Gasteiger partial charge in [-0.3, -0.25) is 4.90 Å². The van der Waals surface area contributed by atoms with Crippen LogP contribution in [-0.4, -0.2) is 42.8 Å². The average molecular weight is 239 g/mol. The van der Waals surface area contributed by atoms with Crippen LogP contribution in [0.5, 0.6) is 0 Å². The molecule has 0 amide bonds. The van der Waals surface area contributed by atoms with Crippen molar-refractivity contribution < 1.29 is 19.1 Å². The number of aliphatic hydroxyl groups excluding tert-OH is 1. The van der Waals surface area contributed by atoms with Gasteiger partial charge in [0.05, 0.1) is 13.7 Å². The van der Waals surface area contributed by atoms with E-state index in [9.17, 15) is 4.79 Å². The molecule has 5 nitrogen and oxygen atoms in total. The standard InChI is InChI=1S/C12H17NO4/c1-8-11(12(15)16-2)3-10(17-8)6-13-4-9(5-13)7-14/h3,9,14H,4-7H2,1-2H3. The van der Waals surface area contributed by atoms with Crippen molar-refractivity contribution in [1.29, 1.82) is 0 Å². The zero-order chi connectivity index (χ0) is 12.4. The molecule has 1 aromatic heterocycles. The Bertz CT molecular complexity index is 407. The molecule has 0 atom stereocenters. The Morgan fingerprint density at radius 3 is 2.94 bits per heavy atom. The highest BCUT2D eigenvalue weighted by molar-refractivity contribution is 5.90. The Kier molecular flexibility index (Phi) is 3.49. The molecule has 0 radical (unpaired) electrons. The maximum Gasteiger partial charge on any atom is 0.341 e. The lowest BCUT2D eigenvalue weighted by atomic mass is 10.0. The molecule has 17 heavy (non-hydrogen) atoms. The van der Waals surface area contributed by atoms with Crippen LogP contribution in [0, 0.1) is 12.8 Å². The highest BCUT2D eigenvalue weighted by atomic mass is 16.5. The third-order valence-corrected chi connectivity index (χ3v) is 3.04. The molecule has 0 spiro atoms. The van der Waals surface area contributed by atoms with Gasteiger partial charge in [-0.15, -0.1) is 0 Å². The molecule has 1 N–H and O–H groups in total. The van der Waals surface area contributed by atoms with E-state index in [0.29, 0.717) is 23.8 Å². The van der Waals surface area contributed by atoms with Crippen LogP contribution >= 0.6 is 0 Å². The number of ether oxygens (including phenoxy) is 1. The number of carbonyl (C=O) groups excluding carboxylic acids is 1. The van der Waals surface area contributed by atoms with E-state index in [1.54, 1.807) is 13.0 Å². The molecule has 0 bridgehead atoms. The van der Waals surface area contributed by atoms with Crippen LogP contribution in [0.15, 0.2) is 10.5 Å². The minimum atomic E-state index is -0.366. The minimum Gasteiger partial charge on any atom is -0.465 e. The molecule has 1 aliphatic rings. The van der Waals surface area contributed by atoms with Crippen molar-refractivity contribution in [1.82, 2.24) is 4.90 Å². The summed E-state index contributed by atoms with van der Waals surface area (Å²) in [5.41, 5.74) is 0.488. The Labute approximate surface area is 100.0 Å². The largest absolute Gasteiger partial charge is 0.465 e. The van der Waals surface area contributed by atoms with Crippen molar-refractivity contribution in [2.45, 2.75) is 13.5 Å². The monoisotopic (exact) mass is 239 g/mol. The van der Waals surface area contributed by atoms with E-state index in [-0.39, 0.29) is 12.6 Å². The zero-order valence-corrected chi connectivity index (χ0v) is 10.1. The fourth-order valence-electron chi connectivity index (χ4n) is 2.08. The van der Waals surface area contributed by atoms with Crippen molar-refractivity contribution >= 4 is 5.97 Å². The van der Waals surface area contributed by atoms with Crippen LogP contribution < -0.4 is 0 Å². The van der Waals surface area contributed by atoms with Crippen molar-refractivity contribution in [2.24, 2.45) is 5.92 Å². The summed E-state index contributed by atoms with van der Waals surface area (Å²) in [6.45, 7) is 4.42. The summed E-state index contributed by atoms with van der Waals surface area (Å²) in [6.07, 6.45) is 0. The van der Waals surface area contributed by atoms with Gasteiger partial charge in [-0.2, -0.15) is 0 Å². The molecule has 2 heterocycles. The maximum atomic E-state index is 11.4. The molecule has 0 aliphatic carbocycles. The van der Waals surface area contributed by atoms with E-state index in [1.165, 1.54) is 7.11 Å². The summed E-state index contributed by atoms with van der Waals surface area (Å²) >= 11 is 0. The molecule has 0 saturated carbocycles. The second-order valence-corrected chi connectivity index (χ2v) is 4.42. The van der Waals surface area contributed by atoms with E-state index in [1.807, 2.05) is 0 Å². The molecule has 1 saturated heterocycles. The summed E-state index contributed by atoms with van der Waals surface area (Å²) in [6, 6.07) is 1.73. The molecular weight excluding hydrogens is 222 g/mol. The van der Waals surface area contributed by atoms with Crippen LogP contribution in [0.25, 0.3) is 0 Å². The van der Waals surface area contributed by atoms with Gasteiger partial charge >= 0.3 is 5.97 Å². The summed E-state index contributed by atoms with van der Waals surface area (Å²) in [4.78, 5) is 13.6. The Hall–Kier alpha value is -1.33. The van der Waals surface area contributed by atoms with Gasteiger partial charge < -0.3 is 14.3 Å². The number of hydrogen-bond donors (Lipinski definition) is 1. The summed E-state index contributed by atoms with van der Waals surface area (Å²) in [7, 11) is 1.36. The first-order valence-electron chi connectivity index (χ1n) is 5.65. The summed E-state index contributed by atoms with van der Waals surface area (Å²) < 4.78 is 10.2. The van der Waals surface area contributed by atoms with Gasteiger partial charge in [-0.25, -0.2) is 4.79 Å². The van der Waals surface area contributed by atoms with Crippen LogP contribution in [0.3, 0.4) is 0 Å². The lowest BCUT2D eigenvalue weighted by molar-refractivity contribution is 0.0427. The Morgan fingerprint density at radius 2 is 2.35 bits per heavy atom. The van der Waals surface area contributed by atoms with Crippen LogP contribution in [0.2, 0.25) is 0 Å². The van der Waals surface area contributed by atoms with Crippen LogP contribution in [-0.2, 0) is 11.3 Å². The second kappa shape index (κ2) is 4.89. The smallest absolute Gasteiger partial charge is 0.341 e. The number of likely N-dealkylation sites (tertiary alicyclic amines) is 1. The fourth-order valence-corrected chi connectivity index (χ4v) is 2.08. The van der Waals surface area contributed by atoms with E-state index >= 15 is 0 Å².